The Morgan fingerprint density at radius 1 is 1.37 bits per heavy atom. The lowest BCUT2D eigenvalue weighted by atomic mass is 9.92. The lowest BCUT2D eigenvalue weighted by molar-refractivity contribution is -0.807. The van der Waals surface area contributed by atoms with Gasteiger partial charge in [-0.1, -0.05) is 35.9 Å². The lowest BCUT2D eigenvalue weighted by Crippen LogP contribution is -2.70. The third-order valence-electron chi connectivity index (χ3n) is 4.93. The van der Waals surface area contributed by atoms with E-state index in [4.69, 9.17) is 32.7 Å². The standard InChI is InChI=1S/C19H21Cl2NO5/c1-26-19(22-7-3-2-4-8-22)17(20)9-13(16(25)12-23)11-18(19,21)27-15-6-5-14(24)10-15/h2-4,7-9,11,14-15,24H,5-6,10,12H2,1H3/t14-,15-,18?,19?/m1/s1. The Bertz CT molecular complexity index is 769. The van der Waals surface area contributed by atoms with Crippen molar-refractivity contribution in [3.8, 4) is 0 Å². The molecule has 2 aliphatic rings. The van der Waals surface area contributed by atoms with Crippen molar-refractivity contribution >= 4 is 29.0 Å². The molecule has 1 aromatic rings. The van der Waals surface area contributed by atoms with E-state index in [-0.39, 0.29) is 16.7 Å². The van der Waals surface area contributed by atoms with Crippen LogP contribution >= 0.6 is 23.2 Å². The minimum absolute atomic E-state index is 0.0766. The molecular formula is C19H21Cl2NO5. The summed E-state index contributed by atoms with van der Waals surface area (Å²) in [4.78, 5) is 12.0. The fraction of sp³-hybridized carbons (Fsp3) is 0.474. The Labute approximate surface area is 167 Å². The minimum atomic E-state index is -1.70. The number of ether oxygens (including phenoxy) is 2. The molecule has 0 saturated heterocycles. The van der Waals surface area contributed by atoms with Gasteiger partial charge in [-0.3, -0.25) is 4.79 Å². The summed E-state index contributed by atoms with van der Waals surface area (Å²) in [6.45, 7) is -0.930. The zero-order valence-corrected chi connectivity index (χ0v) is 16.3. The first-order chi connectivity index (χ1) is 12.9. The number of nitrogens with zero attached hydrogens (tertiary/aromatic N) is 1. The maximum Gasteiger partial charge on any atom is 0.357 e. The highest BCUT2D eigenvalue weighted by Crippen LogP contribution is 2.48. The molecule has 3 rings (SSSR count). The number of hydrogen-bond donors (Lipinski definition) is 1. The molecule has 0 radical (unpaired) electrons. The fourth-order valence-corrected chi connectivity index (χ4v) is 4.61. The second-order valence-corrected chi connectivity index (χ2v) is 7.61. The zero-order chi connectivity index (χ0) is 19.7. The molecule has 1 heterocycles. The Morgan fingerprint density at radius 2 is 2.07 bits per heavy atom. The van der Waals surface area contributed by atoms with Crippen LogP contribution in [0.3, 0.4) is 0 Å². The summed E-state index contributed by atoms with van der Waals surface area (Å²) in [7, 11) is 1.44. The third-order valence-corrected chi connectivity index (χ3v) is 5.75. The predicted octanol–water partition coefficient (Wildman–Crippen LogP) is 1.13. The van der Waals surface area contributed by atoms with Crippen molar-refractivity contribution in [3.05, 3.63) is 53.4 Å². The molecular weight excluding hydrogens is 393 g/mol. The highest BCUT2D eigenvalue weighted by Gasteiger charge is 2.65. The van der Waals surface area contributed by atoms with Gasteiger partial charge in [-0.2, -0.15) is 4.57 Å². The molecule has 0 aliphatic heterocycles. The van der Waals surface area contributed by atoms with Gasteiger partial charge >= 0.3 is 5.72 Å². The van der Waals surface area contributed by atoms with E-state index in [1.807, 2.05) is 6.07 Å². The molecule has 0 aromatic carbocycles. The average molecular weight is 414 g/mol. The first-order valence-electron chi connectivity index (χ1n) is 8.65. The van der Waals surface area contributed by atoms with E-state index in [1.54, 1.807) is 29.1 Å². The quantitative estimate of drug-likeness (QED) is 0.558. The molecule has 146 valence electrons. The van der Waals surface area contributed by atoms with Crippen LogP contribution in [-0.4, -0.2) is 41.9 Å². The lowest BCUT2D eigenvalue weighted by Gasteiger charge is -2.41. The molecule has 1 saturated carbocycles. The number of rotatable bonds is 6. The van der Waals surface area contributed by atoms with E-state index in [0.717, 1.165) is 0 Å². The van der Waals surface area contributed by atoms with Crippen LogP contribution in [0.15, 0.2) is 53.4 Å². The summed E-state index contributed by atoms with van der Waals surface area (Å²) in [5.74, 6) is -0.643. The number of aliphatic hydroxyl groups is 1. The normalized spacial score (nSPS) is 33.5. The largest absolute Gasteiger partial charge is 0.849 e. The van der Waals surface area contributed by atoms with E-state index < -0.39 is 29.3 Å². The molecule has 0 bridgehead atoms. The number of pyridine rings is 1. The van der Waals surface area contributed by atoms with Crippen LogP contribution in [0, 0.1) is 0 Å². The average Bonchev–Trinajstić information content (AvgIpc) is 3.06. The van der Waals surface area contributed by atoms with Gasteiger partial charge in [0.25, 0.3) is 5.06 Å². The van der Waals surface area contributed by atoms with Gasteiger partial charge in [0.1, 0.15) is 10.8 Å². The van der Waals surface area contributed by atoms with Gasteiger partial charge in [-0.05, 0) is 31.4 Å². The molecule has 2 unspecified atom stereocenters. The molecule has 2 aliphatic carbocycles. The number of halogens is 2. The predicted molar refractivity (Wildman–Crippen MR) is 96.8 cm³/mol. The molecule has 4 atom stereocenters. The van der Waals surface area contributed by atoms with Crippen LogP contribution in [0.2, 0.25) is 0 Å². The number of carbonyl (C=O) groups is 1. The molecule has 1 N–H and O–H groups in total. The molecule has 0 spiro atoms. The van der Waals surface area contributed by atoms with Crippen molar-refractivity contribution in [1.29, 1.82) is 0 Å². The highest BCUT2D eigenvalue weighted by molar-refractivity contribution is 6.34. The monoisotopic (exact) mass is 413 g/mol. The number of carbonyl (C=O) groups excluding carboxylic acids is 1. The summed E-state index contributed by atoms with van der Waals surface area (Å²) in [6, 6.07) is 5.39. The Balaban J connectivity index is 2.13. The number of methoxy groups -OCH3 is 1. The van der Waals surface area contributed by atoms with Crippen LogP contribution in [-0.2, 0) is 20.0 Å². The van der Waals surface area contributed by atoms with Gasteiger partial charge in [0.2, 0.25) is 0 Å². The maximum atomic E-state index is 12.0. The van der Waals surface area contributed by atoms with E-state index in [1.165, 1.54) is 19.3 Å². The fourth-order valence-electron chi connectivity index (χ4n) is 3.61. The van der Waals surface area contributed by atoms with Crippen molar-refractivity contribution in [2.75, 3.05) is 13.7 Å². The summed E-state index contributed by atoms with van der Waals surface area (Å²) < 4.78 is 13.6. The first-order valence-corrected chi connectivity index (χ1v) is 9.40. The summed E-state index contributed by atoms with van der Waals surface area (Å²) >= 11 is 13.5. The molecule has 27 heavy (non-hydrogen) atoms. The summed E-state index contributed by atoms with van der Waals surface area (Å²) in [5, 5.41) is 19.4. The van der Waals surface area contributed by atoms with Crippen LogP contribution in [0.4, 0.5) is 0 Å². The van der Waals surface area contributed by atoms with Crippen molar-refractivity contribution in [1.82, 2.24) is 0 Å². The van der Waals surface area contributed by atoms with Crippen molar-refractivity contribution in [2.24, 2.45) is 0 Å². The van der Waals surface area contributed by atoms with Gasteiger partial charge in [0.15, 0.2) is 12.4 Å². The van der Waals surface area contributed by atoms with Crippen molar-refractivity contribution in [3.63, 3.8) is 0 Å². The van der Waals surface area contributed by atoms with Crippen LogP contribution < -0.4 is 9.67 Å². The van der Waals surface area contributed by atoms with E-state index in [0.29, 0.717) is 19.3 Å². The SMILES string of the molecule is COC1([n+]2ccccc2)C(Cl)=CC(C(=O)C[O-])=CC1(Cl)O[C@@H]1CC[C@@H](O)C1. The van der Waals surface area contributed by atoms with Gasteiger partial charge in [0.05, 0.1) is 12.2 Å². The van der Waals surface area contributed by atoms with E-state index in [9.17, 15) is 15.0 Å². The van der Waals surface area contributed by atoms with Gasteiger partial charge in [-0.25, -0.2) is 0 Å². The number of hydrogen-bond acceptors (Lipinski definition) is 5. The van der Waals surface area contributed by atoms with Crippen LogP contribution in [0.1, 0.15) is 19.3 Å². The highest BCUT2D eigenvalue weighted by atomic mass is 35.5. The number of ketones is 1. The number of aliphatic hydroxyl groups excluding tert-OH is 1. The van der Waals surface area contributed by atoms with Crippen molar-refractivity contribution < 1.29 is 29.0 Å². The van der Waals surface area contributed by atoms with E-state index >= 15 is 0 Å². The first kappa shape index (κ1) is 20.5. The summed E-state index contributed by atoms with van der Waals surface area (Å²) in [5.41, 5.74) is -1.41. The molecule has 1 fully saturated rings. The van der Waals surface area contributed by atoms with E-state index in [2.05, 4.69) is 0 Å². The maximum absolute atomic E-state index is 12.0. The summed E-state index contributed by atoms with van der Waals surface area (Å²) in [6.07, 6.45) is 7.00. The van der Waals surface area contributed by atoms with Gasteiger partial charge in [-0.15, -0.1) is 0 Å². The Kier molecular flexibility index (Phi) is 6.05. The number of allylic oxidation sites excluding steroid dienone is 1. The second kappa shape index (κ2) is 7.99. The Morgan fingerprint density at radius 3 is 2.63 bits per heavy atom. The van der Waals surface area contributed by atoms with Gasteiger partial charge < -0.3 is 19.7 Å². The smallest absolute Gasteiger partial charge is 0.357 e. The zero-order valence-electron chi connectivity index (χ0n) is 14.8. The van der Waals surface area contributed by atoms with Crippen LogP contribution in [0.5, 0.6) is 0 Å². The molecule has 8 heteroatoms. The van der Waals surface area contributed by atoms with Crippen molar-refractivity contribution in [2.45, 2.75) is 42.3 Å². The minimum Gasteiger partial charge on any atom is -0.849 e. The van der Waals surface area contributed by atoms with Gasteiger partial charge in [0, 0.05) is 24.8 Å². The molecule has 1 aromatic heterocycles. The molecule has 6 nitrogen and oxygen atoms in total. The second-order valence-electron chi connectivity index (χ2n) is 6.64. The number of Topliss-reactive ketones (excluding diaryl/α,β-unsaturated/α-hetero) is 1. The number of alkyl halides is 1. The van der Waals surface area contributed by atoms with Crippen LogP contribution in [0.25, 0.3) is 0 Å². The molecule has 0 amide bonds. The number of aromatic nitrogens is 1. The Hall–Kier alpha value is -1.28. The topological polar surface area (TPSA) is 82.7 Å². The third kappa shape index (κ3) is 3.58.